The Hall–Kier alpha value is -1.72. The van der Waals surface area contributed by atoms with Crippen LogP contribution in [-0.2, 0) is 24.1 Å². The number of rotatable bonds is 4. The van der Waals surface area contributed by atoms with Gasteiger partial charge in [-0.3, -0.25) is 0 Å². The number of hydrogen-bond donors (Lipinski definition) is 1. The molecular formula is C14H18N4O. The van der Waals surface area contributed by atoms with Crippen molar-refractivity contribution in [1.29, 1.82) is 0 Å². The lowest BCUT2D eigenvalue weighted by atomic mass is 9.98. The van der Waals surface area contributed by atoms with Gasteiger partial charge in [-0.25, -0.2) is 4.68 Å². The number of nitrogens with two attached hydrogens (primary N) is 1. The molecule has 3 rings (SSSR count). The Morgan fingerprint density at radius 1 is 1.37 bits per heavy atom. The Balaban J connectivity index is 1.76. The van der Waals surface area contributed by atoms with E-state index >= 15 is 0 Å². The van der Waals surface area contributed by atoms with E-state index in [1.54, 1.807) is 0 Å². The highest BCUT2D eigenvalue weighted by Gasteiger charge is 2.21. The van der Waals surface area contributed by atoms with Crippen LogP contribution in [0.3, 0.4) is 0 Å². The highest BCUT2D eigenvalue weighted by molar-refractivity contribution is 5.30. The fourth-order valence-corrected chi connectivity index (χ4v) is 2.49. The maximum atomic E-state index is 5.86. The van der Waals surface area contributed by atoms with Gasteiger partial charge in [0.2, 0.25) is 0 Å². The van der Waals surface area contributed by atoms with Crippen LogP contribution in [0.4, 0.5) is 0 Å². The van der Waals surface area contributed by atoms with Gasteiger partial charge >= 0.3 is 0 Å². The molecule has 5 heteroatoms. The highest BCUT2D eigenvalue weighted by atomic mass is 16.5. The molecule has 1 aliphatic heterocycles. The summed E-state index contributed by atoms with van der Waals surface area (Å²) in [5.74, 6) is 0. The molecule has 2 N–H and O–H groups in total. The van der Waals surface area contributed by atoms with Gasteiger partial charge in [-0.1, -0.05) is 29.5 Å². The topological polar surface area (TPSA) is 66.0 Å². The van der Waals surface area contributed by atoms with Gasteiger partial charge < -0.3 is 10.5 Å². The van der Waals surface area contributed by atoms with Crippen molar-refractivity contribution < 1.29 is 4.74 Å². The molecule has 0 aliphatic carbocycles. The zero-order chi connectivity index (χ0) is 13.1. The Morgan fingerprint density at radius 2 is 2.26 bits per heavy atom. The van der Waals surface area contributed by atoms with Crippen LogP contribution in [0.1, 0.15) is 22.9 Å². The van der Waals surface area contributed by atoms with Crippen LogP contribution in [0.2, 0.25) is 0 Å². The summed E-state index contributed by atoms with van der Waals surface area (Å²) in [6, 6.07) is 8.45. The van der Waals surface area contributed by atoms with Crippen LogP contribution in [0, 0.1) is 0 Å². The normalized spacial score (nSPS) is 18.3. The fraction of sp³-hybridized carbons (Fsp3) is 0.429. The number of benzene rings is 1. The molecule has 0 radical (unpaired) electrons. The van der Waals surface area contributed by atoms with Crippen molar-refractivity contribution in [2.75, 3.05) is 13.2 Å². The van der Waals surface area contributed by atoms with E-state index in [1.807, 2.05) is 10.9 Å². The SMILES string of the molecule is NCCc1cn(CC2OCCc3ccccc32)nn1. The molecule has 100 valence electrons. The van der Waals surface area contributed by atoms with Gasteiger partial charge in [0.05, 0.1) is 18.8 Å². The predicted molar refractivity (Wildman–Crippen MR) is 71.6 cm³/mol. The molecule has 5 nitrogen and oxygen atoms in total. The average molecular weight is 258 g/mol. The van der Waals surface area contributed by atoms with Crippen molar-refractivity contribution in [1.82, 2.24) is 15.0 Å². The second-order valence-corrected chi connectivity index (χ2v) is 4.78. The van der Waals surface area contributed by atoms with Crippen molar-refractivity contribution in [2.24, 2.45) is 5.73 Å². The first kappa shape index (κ1) is 12.3. The molecule has 19 heavy (non-hydrogen) atoms. The molecule has 1 atom stereocenters. The average Bonchev–Trinajstić information content (AvgIpc) is 2.87. The maximum absolute atomic E-state index is 5.86. The van der Waals surface area contributed by atoms with Gasteiger partial charge in [-0.2, -0.15) is 0 Å². The molecular weight excluding hydrogens is 240 g/mol. The number of aromatic nitrogens is 3. The number of fused-ring (bicyclic) bond motifs is 1. The van der Waals surface area contributed by atoms with Crippen LogP contribution >= 0.6 is 0 Å². The quantitative estimate of drug-likeness (QED) is 0.891. The first-order valence-corrected chi connectivity index (χ1v) is 6.65. The van der Waals surface area contributed by atoms with E-state index in [0.717, 1.165) is 25.1 Å². The minimum absolute atomic E-state index is 0.0670. The van der Waals surface area contributed by atoms with Crippen LogP contribution in [0.5, 0.6) is 0 Å². The van der Waals surface area contributed by atoms with E-state index in [9.17, 15) is 0 Å². The van der Waals surface area contributed by atoms with Gasteiger partial charge in [0.1, 0.15) is 6.10 Å². The fourth-order valence-electron chi connectivity index (χ4n) is 2.49. The Labute approximate surface area is 112 Å². The largest absolute Gasteiger partial charge is 0.371 e. The third-order valence-corrected chi connectivity index (χ3v) is 3.43. The molecule has 1 aliphatic rings. The Kier molecular flexibility index (Phi) is 3.57. The minimum Gasteiger partial charge on any atom is -0.371 e. The van der Waals surface area contributed by atoms with Gasteiger partial charge in [0.25, 0.3) is 0 Å². The lowest BCUT2D eigenvalue weighted by molar-refractivity contribution is 0.0279. The summed E-state index contributed by atoms with van der Waals surface area (Å²) in [5, 5.41) is 8.24. The number of ether oxygens (including phenoxy) is 1. The summed E-state index contributed by atoms with van der Waals surface area (Å²) in [6.07, 6.45) is 3.77. The molecule has 0 fully saturated rings. The summed E-state index contributed by atoms with van der Waals surface area (Å²) < 4.78 is 7.71. The molecule has 2 heterocycles. The third-order valence-electron chi connectivity index (χ3n) is 3.43. The van der Waals surface area contributed by atoms with Crippen LogP contribution in [0.25, 0.3) is 0 Å². The van der Waals surface area contributed by atoms with Gasteiger partial charge in [-0.15, -0.1) is 5.10 Å². The number of hydrogen-bond acceptors (Lipinski definition) is 4. The molecule has 1 aromatic carbocycles. The minimum atomic E-state index is 0.0670. The standard InChI is InChI=1S/C14H18N4O/c15-7-5-12-9-18(17-16-12)10-14-13-4-2-1-3-11(13)6-8-19-14/h1-4,9,14H,5-8,10,15H2. The van der Waals surface area contributed by atoms with E-state index < -0.39 is 0 Å². The molecule has 1 unspecified atom stereocenters. The summed E-state index contributed by atoms with van der Waals surface area (Å²) in [6.45, 7) is 2.07. The smallest absolute Gasteiger partial charge is 0.102 e. The van der Waals surface area contributed by atoms with E-state index in [0.29, 0.717) is 13.1 Å². The molecule has 0 spiro atoms. The first-order valence-electron chi connectivity index (χ1n) is 6.65. The van der Waals surface area contributed by atoms with Crippen molar-refractivity contribution in [2.45, 2.75) is 25.5 Å². The van der Waals surface area contributed by atoms with Crippen LogP contribution in [-0.4, -0.2) is 28.1 Å². The van der Waals surface area contributed by atoms with Crippen LogP contribution in [0.15, 0.2) is 30.5 Å². The number of nitrogens with zero attached hydrogens (tertiary/aromatic N) is 3. The zero-order valence-electron chi connectivity index (χ0n) is 10.8. The second-order valence-electron chi connectivity index (χ2n) is 4.78. The second kappa shape index (κ2) is 5.50. The van der Waals surface area contributed by atoms with Crippen molar-refractivity contribution in [3.8, 4) is 0 Å². The molecule has 0 saturated carbocycles. The predicted octanol–water partition coefficient (Wildman–Crippen LogP) is 1.09. The third kappa shape index (κ3) is 2.67. The summed E-state index contributed by atoms with van der Waals surface area (Å²) >= 11 is 0. The molecule has 2 aromatic rings. The Morgan fingerprint density at radius 3 is 3.16 bits per heavy atom. The summed E-state index contributed by atoms with van der Waals surface area (Å²) in [4.78, 5) is 0. The van der Waals surface area contributed by atoms with Crippen molar-refractivity contribution >= 4 is 0 Å². The van der Waals surface area contributed by atoms with E-state index in [2.05, 4.69) is 34.6 Å². The van der Waals surface area contributed by atoms with Crippen molar-refractivity contribution in [3.05, 3.63) is 47.3 Å². The molecule has 0 bridgehead atoms. The summed E-state index contributed by atoms with van der Waals surface area (Å²) in [5.41, 5.74) is 9.10. The monoisotopic (exact) mass is 258 g/mol. The molecule has 1 aromatic heterocycles. The van der Waals surface area contributed by atoms with E-state index in [4.69, 9.17) is 10.5 Å². The van der Waals surface area contributed by atoms with Gasteiger partial charge in [-0.05, 0) is 24.1 Å². The maximum Gasteiger partial charge on any atom is 0.102 e. The van der Waals surface area contributed by atoms with E-state index in [1.165, 1.54) is 11.1 Å². The van der Waals surface area contributed by atoms with Gasteiger partial charge in [0, 0.05) is 12.6 Å². The first-order chi connectivity index (χ1) is 9.36. The molecule has 0 saturated heterocycles. The van der Waals surface area contributed by atoms with E-state index in [-0.39, 0.29) is 6.10 Å². The molecule has 0 amide bonds. The highest BCUT2D eigenvalue weighted by Crippen LogP contribution is 2.27. The van der Waals surface area contributed by atoms with Gasteiger partial charge in [0.15, 0.2) is 0 Å². The van der Waals surface area contributed by atoms with Crippen molar-refractivity contribution in [3.63, 3.8) is 0 Å². The van der Waals surface area contributed by atoms with Crippen LogP contribution < -0.4 is 5.73 Å². The Bertz CT molecular complexity index is 552. The summed E-state index contributed by atoms with van der Waals surface area (Å²) in [7, 11) is 0. The lowest BCUT2D eigenvalue weighted by Gasteiger charge is -2.25. The lowest BCUT2D eigenvalue weighted by Crippen LogP contribution is -2.20. The zero-order valence-corrected chi connectivity index (χ0v) is 10.8.